The Balaban J connectivity index is 1.43. The highest BCUT2D eigenvalue weighted by atomic mass is 35.5. The maximum Gasteiger partial charge on any atom is 0.407 e. The lowest BCUT2D eigenvalue weighted by molar-refractivity contribution is -0.144. The zero-order valence-electron chi connectivity index (χ0n) is 19.2. The van der Waals surface area contributed by atoms with Gasteiger partial charge < -0.3 is 19.9 Å². The highest BCUT2D eigenvalue weighted by Gasteiger charge is 2.30. The lowest BCUT2D eigenvalue weighted by atomic mass is 9.98. The Hall–Kier alpha value is -3.63. The van der Waals surface area contributed by atoms with Gasteiger partial charge in [-0.15, -0.1) is 0 Å². The van der Waals surface area contributed by atoms with E-state index in [9.17, 15) is 24.3 Å². The molecule has 1 heterocycles. The van der Waals surface area contributed by atoms with Gasteiger partial charge in [0.25, 0.3) is 0 Å². The fraction of sp³-hybridized carbons (Fsp3) is 0.280. The number of hydrogen-bond acceptors (Lipinski definition) is 7. The number of ether oxygens (including phenoxy) is 2. The van der Waals surface area contributed by atoms with Crippen LogP contribution in [-0.2, 0) is 32.0 Å². The van der Waals surface area contributed by atoms with Crippen molar-refractivity contribution in [3.63, 3.8) is 0 Å². The summed E-state index contributed by atoms with van der Waals surface area (Å²) in [5.41, 5.74) is 4.20. The number of benzene rings is 2. The van der Waals surface area contributed by atoms with Gasteiger partial charge >= 0.3 is 22.9 Å². The zero-order valence-corrected chi connectivity index (χ0v) is 20.8. The molecule has 1 amide bonds. The van der Waals surface area contributed by atoms with Crippen LogP contribution >= 0.6 is 22.9 Å². The van der Waals surface area contributed by atoms with Gasteiger partial charge in [0.15, 0.2) is 0 Å². The molecule has 0 bridgehead atoms. The number of esters is 1. The van der Waals surface area contributed by atoms with Crippen LogP contribution in [0.2, 0.25) is 5.15 Å². The number of carbonyl (C=O) groups is 3. The first-order valence-corrected chi connectivity index (χ1v) is 12.4. The largest absolute Gasteiger partial charge is 0.480 e. The van der Waals surface area contributed by atoms with Crippen LogP contribution in [0.4, 0.5) is 4.79 Å². The summed E-state index contributed by atoms with van der Waals surface area (Å²) in [7, 11) is 0. The number of alkyl carbamates (subject to hydrolysis) is 1. The van der Waals surface area contributed by atoms with E-state index < -0.39 is 28.9 Å². The van der Waals surface area contributed by atoms with Crippen LogP contribution in [0.5, 0.6) is 0 Å². The monoisotopic (exact) mass is 530 g/mol. The molecule has 0 radical (unpaired) electrons. The van der Waals surface area contributed by atoms with Crippen LogP contribution in [0, 0.1) is 0 Å². The smallest absolute Gasteiger partial charge is 0.407 e. The van der Waals surface area contributed by atoms with Gasteiger partial charge in [0.05, 0.1) is 6.61 Å². The Kier molecular flexibility index (Phi) is 7.76. The molecule has 11 heteroatoms. The van der Waals surface area contributed by atoms with Crippen molar-refractivity contribution in [1.82, 2.24) is 9.88 Å². The first kappa shape index (κ1) is 25.5. The normalized spacial score (nSPS) is 12.9. The molecule has 2 aromatic carbocycles. The van der Waals surface area contributed by atoms with E-state index in [-0.39, 0.29) is 42.1 Å². The molecule has 0 aliphatic heterocycles. The molecule has 188 valence electrons. The quantitative estimate of drug-likeness (QED) is 0.404. The number of carboxylic acid groups (broad SMARTS) is 1. The van der Waals surface area contributed by atoms with Crippen molar-refractivity contribution in [3.05, 3.63) is 79.4 Å². The van der Waals surface area contributed by atoms with Crippen molar-refractivity contribution < 1.29 is 29.0 Å². The highest BCUT2D eigenvalue weighted by molar-refractivity contribution is 7.09. The Bertz CT molecular complexity index is 1320. The minimum Gasteiger partial charge on any atom is -0.480 e. The van der Waals surface area contributed by atoms with E-state index in [0.29, 0.717) is 11.3 Å². The number of carbonyl (C=O) groups excluding carboxylic acids is 2. The number of thiazole rings is 1. The summed E-state index contributed by atoms with van der Waals surface area (Å²) in [5, 5.41) is 11.9. The summed E-state index contributed by atoms with van der Waals surface area (Å²) in [6.45, 7) is 1.41. The van der Waals surface area contributed by atoms with Gasteiger partial charge in [-0.1, -0.05) is 71.5 Å². The average molecular weight is 531 g/mol. The molecule has 1 atom stereocenters. The Morgan fingerprint density at radius 3 is 2.28 bits per heavy atom. The van der Waals surface area contributed by atoms with E-state index in [0.717, 1.165) is 26.8 Å². The molecular weight excluding hydrogens is 508 g/mol. The zero-order chi connectivity index (χ0) is 25.8. The molecule has 1 aliphatic carbocycles. The highest BCUT2D eigenvalue weighted by Crippen LogP contribution is 2.44. The third-order valence-corrected chi connectivity index (χ3v) is 7.36. The second-order valence-electron chi connectivity index (χ2n) is 8.04. The Morgan fingerprint density at radius 1 is 1.08 bits per heavy atom. The number of nitrogens with zero attached hydrogens (tertiary/aromatic N) is 1. The van der Waals surface area contributed by atoms with Gasteiger partial charge in [0, 0.05) is 17.2 Å². The van der Waals surface area contributed by atoms with Gasteiger partial charge in [0.2, 0.25) is 0 Å². The molecule has 1 unspecified atom stereocenters. The van der Waals surface area contributed by atoms with E-state index in [4.69, 9.17) is 21.1 Å². The lowest BCUT2D eigenvalue weighted by Gasteiger charge is -2.17. The van der Waals surface area contributed by atoms with Crippen LogP contribution in [0.15, 0.2) is 53.3 Å². The summed E-state index contributed by atoms with van der Waals surface area (Å²) >= 11 is 6.94. The SMILES string of the molecule is CCOC(=O)Cn1c(Cl)c(CC(NC(=O)OCC2c3ccccc3-c3ccccc32)C(=O)O)sc1=O. The van der Waals surface area contributed by atoms with Crippen molar-refractivity contribution in [2.75, 3.05) is 13.2 Å². The summed E-state index contributed by atoms with van der Waals surface area (Å²) in [6.07, 6.45) is -1.16. The number of fused-ring (bicyclic) bond motifs is 3. The number of aliphatic carboxylic acids is 1. The minimum absolute atomic E-state index is 0.0240. The molecule has 3 aromatic rings. The molecule has 0 saturated heterocycles. The van der Waals surface area contributed by atoms with E-state index >= 15 is 0 Å². The van der Waals surface area contributed by atoms with Crippen molar-refractivity contribution >= 4 is 41.0 Å². The molecule has 0 spiro atoms. The van der Waals surface area contributed by atoms with E-state index in [1.165, 1.54) is 0 Å². The number of hydrogen-bond donors (Lipinski definition) is 2. The summed E-state index contributed by atoms with van der Waals surface area (Å²) < 4.78 is 11.3. The van der Waals surface area contributed by atoms with E-state index in [2.05, 4.69) is 5.32 Å². The van der Waals surface area contributed by atoms with Crippen molar-refractivity contribution in [2.45, 2.75) is 31.8 Å². The Labute approximate surface area is 215 Å². The number of aromatic nitrogens is 1. The van der Waals surface area contributed by atoms with E-state index in [1.807, 2.05) is 48.5 Å². The number of rotatable bonds is 9. The van der Waals surface area contributed by atoms with Crippen LogP contribution in [0.1, 0.15) is 28.8 Å². The molecular formula is C25H23ClN2O7S. The number of halogens is 1. The average Bonchev–Trinajstić information content (AvgIpc) is 3.31. The second-order valence-corrected chi connectivity index (χ2v) is 9.44. The molecule has 2 N–H and O–H groups in total. The first-order chi connectivity index (χ1) is 17.3. The maximum atomic E-state index is 12.5. The molecule has 1 aliphatic rings. The third-order valence-electron chi connectivity index (χ3n) is 5.81. The van der Waals surface area contributed by atoms with Gasteiger partial charge in [-0.3, -0.25) is 14.2 Å². The van der Waals surface area contributed by atoms with Gasteiger partial charge in [0.1, 0.15) is 24.3 Å². The maximum absolute atomic E-state index is 12.5. The second kappa shape index (κ2) is 11.0. The number of amides is 1. The molecule has 4 rings (SSSR count). The van der Waals surface area contributed by atoms with Gasteiger partial charge in [-0.05, 0) is 29.2 Å². The van der Waals surface area contributed by atoms with Crippen molar-refractivity contribution in [1.29, 1.82) is 0 Å². The molecule has 1 aromatic heterocycles. The molecule has 36 heavy (non-hydrogen) atoms. The molecule has 9 nitrogen and oxygen atoms in total. The predicted octanol–water partition coefficient (Wildman–Crippen LogP) is 3.66. The predicted molar refractivity (Wildman–Crippen MR) is 134 cm³/mol. The van der Waals surface area contributed by atoms with Gasteiger partial charge in [-0.25, -0.2) is 9.59 Å². The topological polar surface area (TPSA) is 124 Å². The van der Waals surface area contributed by atoms with Crippen LogP contribution in [0.3, 0.4) is 0 Å². The molecule has 0 saturated carbocycles. The number of carboxylic acids is 1. The summed E-state index contributed by atoms with van der Waals surface area (Å²) in [6, 6.07) is 14.3. The molecule has 0 fully saturated rings. The number of nitrogens with one attached hydrogen (secondary N) is 1. The van der Waals surface area contributed by atoms with Gasteiger partial charge in [-0.2, -0.15) is 0 Å². The van der Waals surface area contributed by atoms with Crippen molar-refractivity contribution in [3.8, 4) is 11.1 Å². The van der Waals surface area contributed by atoms with Crippen LogP contribution < -0.4 is 10.2 Å². The van der Waals surface area contributed by atoms with Crippen molar-refractivity contribution in [2.24, 2.45) is 0 Å². The fourth-order valence-electron chi connectivity index (χ4n) is 4.20. The van der Waals surface area contributed by atoms with Crippen LogP contribution in [-0.4, -0.2) is 47.0 Å². The summed E-state index contributed by atoms with van der Waals surface area (Å²) in [5.74, 6) is -2.14. The lowest BCUT2D eigenvalue weighted by Crippen LogP contribution is -2.42. The fourth-order valence-corrected chi connectivity index (χ4v) is 5.50. The third kappa shape index (κ3) is 5.29. The summed E-state index contributed by atoms with van der Waals surface area (Å²) in [4.78, 5) is 48.0. The van der Waals surface area contributed by atoms with Crippen LogP contribution in [0.25, 0.3) is 11.1 Å². The van der Waals surface area contributed by atoms with E-state index in [1.54, 1.807) is 6.92 Å². The Morgan fingerprint density at radius 2 is 1.69 bits per heavy atom. The minimum atomic E-state index is -1.40. The first-order valence-electron chi connectivity index (χ1n) is 11.2. The standard InChI is InChI=1S/C25H23ClN2O7S/c1-2-34-21(29)12-28-22(26)20(36-25(28)33)11-19(23(30)31)27-24(32)35-13-18-16-9-5-3-7-14(16)15-8-4-6-10-17(15)18/h3-10,18-19H,2,11-13H2,1H3,(H,27,32)(H,30,31).